The molecule has 2 unspecified atom stereocenters. The first-order chi connectivity index (χ1) is 13.4. The monoisotopic (exact) mass is 386 g/mol. The van der Waals surface area contributed by atoms with Gasteiger partial charge in [0.15, 0.2) is 6.04 Å². The lowest BCUT2D eigenvalue weighted by atomic mass is 10.1. The molecule has 0 radical (unpaired) electrons. The summed E-state index contributed by atoms with van der Waals surface area (Å²) in [7, 11) is 0. The lowest BCUT2D eigenvalue weighted by molar-refractivity contribution is -0.539. The fourth-order valence-corrected chi connectivity index (χ4v) is 2.85. The van der Waals surface area contributed by atoms with Crippen molar-refractivity contribution in [2.75, 3.05) is 0 Å². The molecule has 0 aromatic heterocycles. The molecule has 2 aromatic carbocycles. The Bertz CT molecular complexity index is 812. The van der Waals surface area contributed by atoms with E-state index >= 15 is 0 Å². The number of benzene rings is 2. The van der Waals surface area contributed by atoms with Crippen LogP contribution >= 0.6 is 0 Å². The molecule has 2 rings (SSSR count). The second kappa shape index (κ2) is 9.61. The molecule has 0 fully saturated rings. The van der Waals surface area contributed by atoms with Crippen LogP contribution in [0.1, 0.15) is 42.2 Å². The van der Waals surface area contributed by atoms with E-state index in [4.69, 9.17) is 4.84 Å². The molecule has 0 bridgehead atoms. The fraction of sp³-hybridized carbons (Fsp3) is 0.300. The van der Waals surface area contributed by atoms with Crippen molar-refractivity contribution in [3.8, 4) is 0 Å². The summed E-state index contributed by atoms with van der Waals surface area (Å²) in [5, 5.41) is 21.8. The number of carboxylic acids is 1. The number of carbonyl (C=O) groups is 2. The molecule has 0 saturated heterocycles. The van der Waals surface area contributed by atoms with Crippen LogP contribution in [0.15, 0.2) is 60.7 Å². The summed E-state index contributed by atoms with van der Waals surface area (Å²) in [6.07, 6.45) is -0.844. The lowest BCUT2D eigenvalue weighted by Crippen LogP contribution is -2.45. The predicted octanol–water partition coefficient (Wildman–Crippen LogP) is 3.33. The van der Waals surface area contributed by atoms with Crippen molar-refractivity contribution in [1.29, 1.82) is 0 Å². The smallest absolute Gasteiger partial charge is 0.333 e. The van der Waals surface area contributed by atoms with Crippen LogP contribution in [-0.4, -0.2) is 39.1 Å². The summed E-state index contributed by atoms with van der Waals surface area (Å²) in [6.45, 7) is 3.08. The van der Waals surface area contributed by atoms with E-state index < -0.39 is 35.0 Å². The van der Waals surface area contributed by atoms with Crippen LogP contribution in [-0.2, 0) is 9.63 Å². The van der Waals surface area contributed by atoms with Gasteiger partial charge in [-0.15, -0.1) is 0 Å². The van der Waals surface area contributed by atoms with Crippen molar-refractivity contribution in [2.24, 2.45) is 0 Å². The molecule has 1 amide bonds. The van der Waals surface area contributed by atoms with E-state index in [9.17, 15) is 24.8 Å². The Balaban J connectivity index is 2.46. The highest BCUT2D eigenvalue weighted by atomic mass is 16.7. The van der Waals surface area contributed by atoms with Gasteiger partial charge < -0.3 is 5.11 Å². The molecule has 28 heavy (non-hydrogen) atoms. The molecule has 0 spiro atoms. The number of hydrogen-bond acceptors (Lipinski definition) is 5. The van der Waals surface area contributed by atoms with Crippen LogP contribution in [0.5, 0.6) is 0 Å². The molecule has 0 aliphatic heterocycles. The maximum Gasteiger partial charge on any atom is 0.333 e. The van der Waals surface area contributed by atoms with E-state index in [-0.39, 0.29) is 12.0 Å². The van der Waals surface area contributed by atoms with Gasteiger partial charge in [0.25, 0.3) is 5.91 Å². The zero-order valence-electron chi connectivity index (χ0n) is 15.6. The largest absolute Gasteiger partial charge is 0.479 e. The quantitative estimate of drug-likeness (QED) is 0.523. The van der Waals surface area contributed by atoms with Crippen LogP contribution in [0.4, 0.5) is 0 Å². The Kier molecular flexibility index (Phi) is 7.22. The normalized spacial score (nSPS) is 13.9. The van der Waals surface area contributed by atoms with E-state index in [2.05, 4.69) is 0 Å². The molecule has 1 N–H and O–H groups in total. The number of nitro groups is 1. The second-order valence-electron chi connectivity index (χ2n) is 6.22. The number of aliphatic carboxylic acids is 1. The average molecular weight is 386 g/mol. The van der Waals surface area contributed by atoms with Crippen molar-refractivity contribution >= 4 is 11.9 Å². The number of hydrogen-bond donors (Lipinski definition) is 1. The molecule has 2 aromatic rings. The Morgan fingerprint density at radius 1 is 1.11 bits per heavy atom. The second-order valence-corrected chi connectivity index (χ2v) is 6.22. The number of nitrogens with zero attached hydrogens (tertiary/aromatic N) is 2. The van der Waals surface area contributed by atoms with Crippen molar-refractivity contribution in [3.05, 3.63) is 81.9 Å². The molecular weight excluding hydrogens is 364 g/mol. The van der Waals surface area contributed by atoms with Gasteiger partial charge >= 0.3 is 5.97 Å². The summed E-state index contributed by atoms with van der Waals surface area (Å²) in [4.78, 5) is 41.5. The molecule has 148 valence electrons. The Morgan fingerprint density at radius 2 is 1.64 bits per heavy atom. The predicted molar refractivity (Wildman–Crippen MR) is 101 cm³/mol. The summed E-state index contributed by atoms with van der Waals surface area (Å²) in [5.74, 6) is -2.00. The van der Waals surface area contributed by atoms with Crippen molar-refractivity contribution in [3.63, 3.8) is 0 Å². The average Bonchev–Trinajstić information content (AvgIpc) is 2.68. The van der Waals surface area contributed by atoms with E-state index in [1.807, 2.05) is 0 Å². The maximum atomic E-state index is 13.0. The van der Waals surface area contributed by atoms with Crippen molar-refractivity contribution in [2.45, 2.75) is 38.5 Å². The van der Waals surface area contributed by atoms with Crippen molar-refractivity contribution in [1.82, 2.24) is 5.06 Å². The van der Waals surface area contributed by atoms with Crippen LogP contribution in [0, 0.1) is 10.1 Å². The maximum absolute atomic E-state index is 13.0. The first kappa shape index (κ1) is 21.0. The fourth-order valence-electron chi connectivity index (χ4n) is 2.85. The van der Waals surface area contributed by atoms with Gasteiger partial charge in [-0.2, -0.15) is 5.06 Å². The van der Waals surface area contributed by atoms with Gasteiger partial charge in [0.2, 0.25) is 6.04 Å². The number of amides is 1. The van der Waals surface area contributed by atoms with Crippen LogP contribution in [0.3, 0.4) is 0 Å². The van der Waals surface area contributed by atoms with Gasteiger partial charge in [-0.25, -0.2) is 4.79 Å². The first-order valence-electron chi connectivity index (χ1n) is 8.83. The first-order valence-corrected chi connectivity index (χ1v) is 8.83. The Morgan fingerprint density at radius 3 is 2.11 bits per heavy atom. The summed E-state index contributed by atoms with van der Waals surface area (Å²) < 4.78 is 0. The van der Waals surface area contributed by atoms with Gasteiger partial charge in [0.05, 0.1) is 0 Å². The number of carbonyl (C=O) groups excluding carboxylic acids is 1. The minimum Gasteiger partial charge on any atom is -0.479 e. The van der Waals surface area contributed by atoms with Gasteiger partial charge in [-0.3, -0.25) is 19.7 Å². The zero-order valence-corrected chi connectivity index (χ0v) is 15.6. The standard InChI is InChI=1S/C20H22N2O6/c1-3-17(22(26)27)14(2)28-21(19(23)16-12-8-5-9-13-16)18(20(24)25)15-10-6-4-7-11-15/h4-14,17-18H,3H2,1-2H3,(H,24,25)/t14?,17?,18-/m1/s1. The third-order valence-corrected chi connectivity index (χ3v) is 4.32. The van der Waals surface area contributed by atoms with Gasteiger partial charge in [-0.05, 0) is 24.6 Å². The van der Waals surface area contributed by atoms with Gasteiger partial charge in [-0.1, -0.05) is 55.5 Å². The minimum absolute atomic E-state index is 0.171. The summed E-state index contributed by atoms with van der Waals surface area (Å²) >= 11 is 0. The van der Waals surface area contributed by atoms with Crippen LogP contribution < -0.4 is 0 Å². The number of hydroxylamine groups is 2. The zero-order chi connectivity index (χ0) is 20.7. The lowest BCUT2D eigenvalue weighted by Gasteiger charge is -2.31. The summed E-state index contributed by atoms with van der Waals surface area (Å²) in [6, 6.07) is 13.6. The van der Waals surface area contributed by atoms with E-state index in [1.54, 1.807) is 55.5 Å². The third-order valence-electron chi connectivity index (χ3n) is 4.32. The molecular formula is C20H22N2O6. The van der Waals surface area contributed by atoms with Gasteiger partial charge in [0.1, 0.15) is 6.10 Å². The third kappa shape index (κ3) is 4.92. The molecule has 0 saturated carbocycles. The highest BCUT2D eigenvalue weighted by molar-refractivity contribution is 5.96. The molecule has 0 aliphatic carbocycles. The number of carboxylic acid groups (broad SMARTS) is 1. The van der Waals surface area contributed by atoms with Crippen molar-refractivity contribution < 1.29 is 24.5 Å². The van der Waals surface area contributed by atoms with Gasteiger partial charge in [0, 0.05) is 16.9 Å². The van der Waals surface area contributed by atoms with E-state index in [0.29, 0.717) is 5.56 Å². The molecule has 0 heterocycles. The highest BCUT2D eigenvalue weighted by Crippen LogP contribution is 2.26. The SMILES string of the molecule is CCC(C(C)ON(C(=O)c1ccccc1)[C@@H](C(=O)O)c1ccccc1)[N+](=O)[O-]. The molecule has 0 aliphatic rings. The topological polar surface area (TPSA) is 110 Å². The van der Waals surface area contributed by atoms with E-state index in [1.165, 1.54) is 19.1 Å². The summed E-state index contributed by atoms with van der Waals surface area (Å²) in [5.41, 5.74) is 0.534. The molecule has 8 heteroatoms. The highest BCUT2D eigenvalue weighted by Gasteiger charge is 2.38. The Labute approximate surface area is 162 Å². The van der Waals surface area contributed by atoms with Crippen LogP contribution in [0.2, 0.25) is 0 Å². The minimum atomic E-state index is -1.46. The van der Waals surface area contributed by atoms with E-state index in [0.717, 1.165) is 5.06 Å². The molecule has 3 atom stereocenters. The Hall–Kier alpha value is -3.26. The van der Waals surface area contributed by atoms with Crippen LogP contribution in [0.25, 0.3) is 0 Å². The number of rotatable bonds is 9. The molecule has 8 nitrogen and oxygen atoms in total.